The van der Waals surface area contributed by atoms with Gasteiger partial charge in [0.2, 0.25) is 0 Å². The van der Waals surface area contributed by atoms with Crippen molar-refractivity contribution in [3.63, 3.8) is 0 Å². The average Bonchev–Trinajstić information content (AvgIpc) is 2.14. The van der Waals surface area contributed by atoms with Crippen molar-refractivity contribution in [2.75, 3.05) is 6.61 Å². The topological polar surface area (TPSA) is 63.6 Å². The van der Waals surface area contributed by atoms with Crippen LogP contribution in [-0.2, 0) is 10.1 Å². The Kier molecular flexibility index (Phi) is 3.49. The van der Waals surface area contributed by atoms with Crippen LogP contribution in [0.25, 0.3) is 0 Å². The summed E-state index contributed by atoms with van der Waals surface area (Å²) >= 11 is 0. The van der Waals surface area contributed by atoms with Crippen molar-refractivity contribution in [3.8, 4) is 5.75 Å². The number of hydrogen-bond acceptors (Lipinski definition) is 3. The first-order chi connectivity index (χ1) is 6.96. The zero-order valence-electron chi connectivity index (χ0n) is 8.30. The highest BCUT2D eigenvalue weighted by Crippen LogP contribution is 2.27. The first-order valence-electron chi connectivity index (χ1n) is 4.27. The molecule has 15 heavy (non-hydrogen) atoms. The van der Waals surface area contributed by atoms with Crippen LogP contribution < -0.4 is 4.74 Å². The van der Waals surface area contributed by atoms with E-state index >= 15 is 0 Å². The van der Waals surface area contributed by atoms with Gasteiger partial charge in [0, 0.05) is 0 Å². The minimum absolute atomic E-state index is 0.167. The fraction of sp³-hybridized carbons (Fsp3) is 0.200. The largest absolute Gasteiger partial charge is 0.488 e. The third kappa shape index (κ3) is 2.81. The molecule has 1 aromatic carbocycles. The second-order valence-electron chi connectivity index (χ2n) is 2.98. The highest BCUT2D eigenvalue weighted by atomic mass is 32.2. The Balaban J connectivity index is 3.26. The fourth-order valence-corrected chi connectivity index (χ4v) is 1.86. The van der Waals surface area contributed by atoms with Gasteiger partial charge >= 0.3 is 0 Å². The van der Waals surface area contributed by atoms with E-state index in [0.717, 1.165) is 0 Å². The van der Waals surface area contributed by atoms with Gasteiger partial charge in [-0.05, 0) is 18.6 Å². The fourth-order valence-electron chi connectivity index (χ4n) is 1.16. The molecule has 0 heterocycles. The number of para-hydroxylation sites is 1. The molecule has 0 amide bonds. The SMILES string of the molecule is C=CCOc1c(C)cccc1S(=O)(=O)O. The molecular weight excluding hydrogens is 216 g/mol. The van der Waals surface area contributed by atoms with E-state index in [1.165, 1.54) is 12.1 Å². The smallest absolute Gasteiger partial charge is 0.298 e. The Labute approximate surface area is 88.9 Å². The Morgan fingerprint density at radius 2 is 2.20 bits per heavy atom. The molecule has 0 fully saturated rings. The zero-order chi connectivity index (χ0) is 11.5. The van der Waals surface area contributed by atoms with Gasteiger partial charge in [-0.15, -0.1) is 0 Å². The molecule has 1 rings (SSSR count). The molecule has 4 nitrogen and oxygen atoms in total. The van der Waals surface area contributed by atoms with Gasteiger partial charge in [-0.1, -0.05) is 24.8 Å². The van der Waals surface area contributed by atoms with Crippen molar-refractivity contribution < 1.29 is 17.7 Å². The maximum atomic E-state index is 11.0. The quantitative estimate of drug-likeness (QED) is 0.630. The molecule has 0 radical (unpaired) electrons. The van der Waals surface area contributed by atoms with E-state index in [1.807, 2.05) is 0 Å². The van der Waals surface area contributed by atoms with E-state index in [9.17, 15) is 8.42 Å². The molecule has 0 aliphatic heterocycles. The monoisotopic (exact) mass is 228 g/mol. The van der Waals surface area contributed by atoms with E-state index in [2.05, 4.69) is 6.58 Å². The van der Waals surface area contributed by atoms with E-state index in [4.69, 9.17) is 9.29 Å². The van der Waals surface area contributed by atoms with E-state index in [1.54, 1.807) is 19.1 Å². The van der Waals surface area contributed by atoms with Gasteiger partial charge in [0.25, 0.3) is 10.1 Å². The maximum absolute atomic E-state index is 11.0. The Bertz CT molecular complexity index is 462. The summed E-state index contributed by atoms with van der Waals surface area (Å²) in [5.41, 5.74) is 0.645. The summed E-state index contributed by atoms with van der Waals surface area (Å²) < 4.78 is 36.2. The van der Waals surface area contributed by atoms with Gasteiger partial charge < -0.3 is 4.74 Å². The summed E-state index contributed by atoms with van der Waals surface area (Å²) in [5, 5.41) is 0. The molecule has 0 bridgehead atoms. The summed E-state index contributed by atoms with van der Waals surface area (Å²) in [6.45, 7) is 5.35. The minimum atomic E-state index is -4.25. The molecule has 5 heteroatoms. The second-order valence-corrected chi connectivity index (χ2v) is 4.37. The van der Waals surface area contributed by atoms with Crippen LogP contribution in [0.3, 0.4) is 0 Å². The van der Waals surface area contributed by atoms with Gasteiger partial charge in [-0.25, -0.2) is 0 Å². The molecule has 0 saturated heterocycles. The third-order valence-corrected chi connectivity index (χ3v) is 2.68. The van der Waals surface area contributed by atoms with Crippen molar-refractivity contribution in [1.29, 1.82) is 0 Å². The lowest BCUT2D eigenvalue weighted by molar-refractivity contribution is 0.348. The van der Waals surface area contributed by atoms with Gasteiger partial charge in [0.1, 0.15) is 17.3 Å². The van der Waals surface area contributed by atoms with Crippen molar-refractivity contribution in [1.82, 2.24) is 0 Å². The predicted molar refractivity (Wildman–Crippen MR) is 56.7 cm³/mol. The average molecular weight is 228 g/mol. The molecule has 1 N–H and O–H groups in total. The van der Waals surface area contributed by atoms with Crippen LogP contribution in [-0.4, -0.2) is 19.6 Å². The highest BCUT2D eigenvalue weighted by Gasteiger charge is 2.17. The first-order valence-corrected chi connectivity index (χ1v) is 5.71. The summed E-state index contributed by atoms with van der Waals surface area (Å²) in [6, 6.07) is 4.53. The summed E-state index contributed by atoms with van der Waals surface area (Å²) in [7, 11) is -4.25. The van der Waals surface area contributed by atoms with Crippen molar-refractivity contribution in [2.45, 2.75) is 11.8 Å². The zero-order valence-corrected chi connectivity index (χ0v) is 9.12. The van der Waals surface area contributed by atoms with Crippen LogP contribution in [0.4, 0.5) is 0 Å². The normalized spacial score (nSPS) is 11.1. The van der Waals surface area contributed by atoms with Gasteiger partial charge in [0.15, 0.2) is 0 Å². The summed E-state index contributed by atoms with van der Waals surface area (Å²) in [4.78, 5) is -0.218. The maximum Gasteiger partial charge on any atom is 0.298 e. The van der Waals surface area contributed by atoms with E-state index < -0.39 is 10.1 Å². The van der Waals surface area contributed by atoms with Crippen molar-refractivity contribution >= 4 is 10.1 Å². The van der Waals surface area contributed by atoms with Crippen LogP contribution in [0.2, 0.25) is 0 Å². The molecule has 0 aromatic heterocycles. The second kappa shape index (κ2) is 4.46. The molecule has 82 valence electrons. The molecule has 0 saturated carbocycles. The molecular formula is C10H12O4S. The van der Waals surface area contributed by atoms with Crippen LogP contribution >= 0.6 is 0 Å². The van der Waals surface area contributed by atoms with Crippen molar-refractivity contribution in [3.05, 3.63) is 36.4 Å². The van der Waals surface area contributed by atoms with Crippen LogP contribution in [0.5, 0.6) is 5.75 Å². The number of hydrogen-bond donors (Lipinski definition) is 1. The number of benzene rings is 1. The molecule has 0 spiro atoms. The van der Waals surface area contributed by atoms with E-state index in [-0.39, 0.29) is 17.3 Å². The van der Waals surface area contributed by atoms with Gasteiger partial charge in [-0.2, -0.15) is 8.42 Å². The Morgan fingerprint density at radius 3 is 2.73 bits per heavy atom. The number of rotatable bonds is 4. The van der Waals surface area contributed by atoms with Crippen LogP contribution in [0.1, 0.15) is 5.56 Å². The molecule has 0 aliphatic carbocycles. The highest BCUT2D eigenvalue weighted by molar-refractivity contribution is 7.86. The molecule has 1 aromatic rings. The first kappa shape index (κ1) is 11.7. The van der Waals surface area contributed by atoms with Crippen LogP contribution in [0.15, 0.2) is 35.7 Å². The number of aryl methyl sites for hydroxylation is 1. The van der Waals surface area contributed by atoms with Gasteiger partial charge in [-0.3, -0.25) is 4.55 Å². The Morgan fingerprint density at radius 1 is 1.53 bits per heavy atom. The van der Waals surface area contributed by atoms with Crippen LogP contribution in [0, 0.1) is 6.92 Å². The number of ether oxygens (including phenoxy) is 1. The lowest BCUT2D eigenvalue weighted by atomic mass is 10.2. The lowest BCUT2D eigenvalue weighted by Crippen LogP contribution is -2.05. The summed E-state index contributed by atoms with van der Waals surface area (Å²) in [6.07, 6.45) is 1.50. The van der Waals surface area contributed by atoms with Gasteiger partial charge in [0.05, 0.1) is 0 Å². The molecule has 0 unspecified atom stereocenters. The van der Waals surface area contributed by atoms with E-state index in [0.29, 0.717) is 5.56 Å². The third-order valence-electron chi connectivity index (χ3n) is 1.80. The summed E-state index contributed by atoms with van der Waals surface area (Å²) in [5.74, 6) is 0.167. The lowest BCUT2D eigenvalue weighted by Gasteiger charge is -2.10. The van der Waals surface area contributed by atoms with Crippen molar-refractivity contribution in [2.24, 2.45) is 0 Å². The molecule has 0 aliphatic rings. The standard InChI is InChI=1S/C10H12O4S/c1-3-7-14-10-8(2)5-4-6-9(10)15(11,12)13/h3-6H,1,7H2,2H3,(H,11,12,13). The Hall–Kier alpha value is -1.33. The predicted octanol–water partition coefficient (Wildman–Crippen LogP) is 1.81. The molecule has 0 atom stereocenters. The minimum Gasteiger partial charge on any atom is -0.488 e.